The van der Waals surface area contributed by atoms with Gasteiger partial charge in [-0.3, -0.25) is 4.79 Å². The first-order valence-electron chi connectivity index (χ1n) is 6.51. The van der Waals surface area contributed by atoms with Crippen LogP contribution < -0.4 is 5.32 Å². The van der Waals surface area contributed by atoms with Crippen LogP contribution in [0.2, 0.25) is 5.02 Å². The molecular formula is C16H16ClNO2S. The van der Waals surface area contributed by atoms with Gasteiger partial charge in [0.2, 0.25) is 5.91 Å². The van der Waals surface area contributed by atoms with Crippen LogP contribution in [0, 0.1) is 0 Å². The van der Waals surface area contributed by atoms with Gasteiger partial charge in [0.05, 0.1) is 11.9 Å². The molecule has 1 amide bonds. The third-order valence-electron chi connectivity index (χ3n) is 2.82. The number of carbonyl (C=O) groups excluding carboxylic acids is 1. The topological polar surface area (TPSA) is 49.3 Å². The third kappa shape index (κ3) is 5.42. The van der Waals surface area contributed by atoms with Gasteiger partial charge < -0.3 is 10.4 Å². The molecule has 0 radical (unpaired) electrons. The SMILES string of the molecule is O=C(CSCC(O)c1ccccc1)Nc1ccc(Cl)cc1. The Morgan fingerprint density at radius 1 is 1.14 bits per heavy atom. The van der Waals surface area contributed by atoms with Crippen molar-refractivity contribution in [1.29, 1.82) is 0 Å². The van der Waals surface area contributed by atoms with Crippen LogP contribution in [0.1, 0.15) is 11.7 Å². The van der Waals surface area contributed by atoms with E-state index in [2.05, 4.69) is 5.32 Å². The number of rotatable bonds is 6. The zero-order valence-corrected chi connectivity index (χ0v) is 12.9. The number of benzene rings is 2. The van der Waals surface area contributed by atoms with E-state index in [1.54, 1.807) is 24.3 Å². The number of carbonyl (C=O) groups is 1. The molecule has 0 saturated heterocycles. The fourth-order valence-electron chi connectivity index (χ4n) is 1.76. The van der Waals surface area contributed by atoms with E-state index in [1.165, 1.54) is 11.8 Å². The molecule has 2 aromatic rings. The number of anilines is 1. The predicted octanol–water partition coefficient (Wildman–Crippen LogP) is 3.75. The lowest BCUT2D eigenvalue weighted by Gasteiger charge is -2.10. The van der Waals surface area contributed by atoms with E-state index in [4.69, 9.17) is 11.6 Å². The quantitative estimate of drug-likeness (QED) is 0.852. The fraction of sp³-hybridized carbons (Fsp3) is 0.188. The van der Waals surface area contributed by atoms with Crippen LogP contribution in [0.3, 0.4) is 0 Å². The minimum absolute atomic E-state index is 0.0948. The Hall–Kier alpha value is -1.49. The Morgan fingerprint density at radius 3 is 2.48 bits per heavy atom. The van der Waals surface area contributed by atoms with Crippen molar-refractivity contribution < 1.29 is 9.90 Å². The van der Waals surface area contributed by atoms with Crippen molar-refractivity contribution in [3.63, 3.8) is 0 Å². The minimum Gasteiger partial charge on any atom is -0.388 e. The summed E-state index contributed by atoms with van der Waals surface area (Å²) in [5.41, 5.74) is 1.58. The Morgan fingerprint density at radius 2 is 1.81 bits per heavy atom. The van der Waals surface area contributed by atoms with Crippen molar-refractivity contribution in [2.45, 2.75) is 6.10 Å². The molecule has 0 aliphatic heterocycles. The molecule has 0 bridgehead atoms. The number of aliphatic hydroxyl groups excluding tert-OH is 1. The highest BCUT2D eigenvalue weighted by molar-refractivity contribution is 7.99. The van der Waals surface area contributed by atoms with E-state index < -0.39 is 6.10 Å². The summed E-state index contributed by atoms with van der Waals surface area (Å²) in [5.74, 6) is 0.687. The van der Waals surface area contributed by atoms with E-state index in [9.17, 15) is 9.90 Å². The van der Waals surface area contributed by atoms with Crippen LogP contribution in [0.15, 0.2) is 54.6 Å². The van der Waals surface area contributed by atoms with Crippen molar-refractivity contribution >= 4 is 35.0 Å². The van der Waals surface area contributed by atoms with Gasteiger partial charge in [0, 0.05) is 16.5 Å². The van der Waals surface area contributed by atoms with Gasteiger partial charge in [0.15, 0.2) is 0 Å². The van der Waals surface area contributed by atoms with Gasteiger partial charge in [-0.15, -0.1) is 11.8 Å². The molecule has 5 heteroatoms. The van der Waals surface area contributed by atoms with Gasteiger partial charge in [0.1, 0.15) is 0 Å². The second-order valence-corrected chi connectivity index (χ2v) is 5.96. The number of nitrogens with one attached hydrogen (secondary N) is 1. The zero-order valence-electron chi connectivity index (χ0n) is 11.3. The second-order valence-electron chi connectivity index (χ2n) is 4.50. The first-order chi connectivity index (χ1) is 10.1. The average molecular weight is 322 g/mol. The molecule has 0 fully saturated rings. The summed E-state index contributed by atoms with van der Waals surface area (Å²) in [6.45, 7) is 0. The first kappa shape index (κ1) is 15.9. The molecule has 21 heavy (non-hydrogen) atoms. The summed E-state index contributed by atoms with van der Waals surface area (Å²) in [6.07, 6.45) is -0.556. The third-order valence-corrected chi connectivity index (χ3v) is 4.09. The normalized spacial score (nSPS) is 11.9. The number of halogens is 1. The van der Waals surface area contributed by atoms with E-state index in [-0.39, 0.29) is 5.91 Å². The summed E-state index contributed by atoms with van der Waals surface area (Å²) < 4.78 is 0. The molecule has 2 aromatic carbocycles. The highest BCUT2D eigenvalue weighted by Gasteiger charge is 2.09. The molecule has 0 saturated carbocycles. The largest absolute Gasteiger partial charge is 0.388 e. The van der Waals surface area contributed by atoms with Gasteiger partial charge in [-0.1, -0.05) is 41.9 Å². The lowest BCUT2D eigenvalue weighted by atomic mass is 10.1. The Bertz CT molecular complexity index is 575. The van der Waals surface area contributed by atoms with Crippen LogP contribution in [0.25, 0.3) is 0 Å². The van der Waals surface area contributed by atoms with E-state index in [0.717, 1.165) is 5.56 Å². The van der Waals surface area contributed by atoms with Crippen LogP contribution in [-0.2, 0) is 4.79 Å². The molecule has 0 aromatic heterocycles. The van der Waals surface area contributed by atoms with Gasteiger partial charge >= 0.3 is 0 Å². The van der Waals surface area contributed by atoms with Crippen molar-refractivity contribution in [3.8, 4) is 0 Å². The fourth-order valence-corrected chi connectivity index (χ4v) is 2.68. The highest BCUT2D eigenvalue weighted by Crippen LogP contribution is 2.18. The Kier molecular flexibility index (Phi) is 6.11. The van der Waals surface area contributed by atoms with Crippen LogP contribution in [-0.4, -0.2) is 22.5 Å². The number of thioether (sulfide) groups is 1. The lowest BCUT2D eigenvalue weighted by molar-refractivity contribution is -0.113. The molecule has 2 N–H and O–H groups in total. The molecule has 1 atom stereocenters. The maximum atomic E-state index is 11.8. The summed E-state index contributed by atoms with van der Waals surface area (Å²) in [5, 5.41) is 13.4. The summed E-state index contributed by atoms with van der Waals surface area (Å²) >= 11 is 7.18. The average Bonchev–Trinajstić information content (AvgIpc) is 2.50. The molecule has 3 nitrogen and oxygen atoms in total. The van der Waals surface area contributed by atoms with Gasteiger partial charge in [-0.25, -0.2) is 0 Å². The van der Waals surface area contributed by atoms with Crippen LogP contribution >= 0.6 is 23.4 Å². The summed E-state index contributed by atoms with van der Waals surface area (Å²) in [4.78, 5) is 11.8. The predicted molar refractivity (Wildman–Crippen MR) is 88.8 cm³/mol. The number of hydrogen-bond acceptors (Lipinski definition) is 3. The Labute approximate surface area is 133 Å². The van der Waals surface area contributed by atoms with E-state index >= 15 is 0 Å². The molecule has 0 spiro atoms. The van der Waals surface area contributed by atoms with Gasteiger partial charge in [-0.2, -0.15) is 0 Å². The van der Waals surface area contributed by atoms with E-state index in [1.807, 2.05) is 30.3 Å². The summed E-state index contributed by atoms with van der Waals surface area (Å²) in [6, 6.07) is 16.4. The van der Waals surface area contributed by atoms with Crippen molar-refractivity contribution in [3.05, 3.63) is 65.2 Å². The van der Waals surface area contributed by atoms with Crippen LogP contribution in [0.4, 0.5) is 5.69 Å². The monoisotopic (exact) mass is 321 g/mol. The highest BCUT2D eigenvalue weighted by atomic mass is 35.5. The number of hydrogen-bond donors (Lipinski definition) is 2. The minimum atomic E-state index is -0.556. The van der Waals surface area contributed by atoms with Crippen LogP contribution in [0.5, 0.6) is 0 Å². The maximum absolute atomic E-state index is 11.8. The molecule has 2 rings (SSSR count). The van der Waals surface area contributed by atoms with Crippen molar-refractivity contribution in [2.24, 2.45) is 0 Å². The smallest absolute Gasteiger partial charge is 0.234 e. The first-order valence-corrected chi connectivity index (χ1v) is 8.04. The van der Waals surface area contributed by atoms with Crippen molar-refractivity contribution in [2.75, 3.05) is 16.8 Å². The molecule has 0 aliphatic carbocycles. The molecule has 0 aliphatic rings. The maximum Gasteiger partial charge on any atom is 0.234 e. The molecule has 1 unspecified atom stereocenters. The van der Waals surface area contributed by atoms with E-state index in [0.29, 0.717) is 22.2 Å². The number of amides is 1. The molecular weight excluding hydrogens is 306 g/mol. The zero-order chi connectivity index (χ0) is 15.1. The molecule has 110 valence electrons. The molecule has 0 heterocycles. The van der Waals surface area contributed by atoms with Crippen molar-refractivity contribution in [1.82, 2.24) is 0 Å². The number of aliphatic hydroxyl groups is 1. The standard InChI is InChI=1S/C16H16ClNO2S/c17-13-6-8-14(9-7-13)18-16(20)11-21-10-15(19)12-4-2-1-3-5-12/h1-9,15,19H,10-11H2,(H,18,20). The Balaban J connectivity index is 1.73. The van der Waals surface area contributed by atoms with Gasteiger partial charge in [0.25, 0.3) is 0 Å². The lowest BCUT2D eigenvalue weighted by Crippen LogP contribution is -2.15. The summed E-state index contributed by atoms with van der Waals surface area (Å²) in [7, 11) is 0. The van der Waals surface area contributed by atoms with Gasteiger partial charge in [-0.05, 0) is 29.8 Å². The second kappa shape index (κ2) is 8.08.